The summed E-state index contributed by atoms with van der Waals surface area (Å²) < 4.78 is 5.32. The highest BCUT2D eigenvalue weighted by atomic mass is 32.2. The summed E-state index contributed by atoms with van der Waals surface area (Å²) in [5.74, 6) is -24.2. The van der Waals surface area contributed by atoms with E-state index in [9.17, 15) is 73.2 Å². The maximum absolute atomic E-state index is 15.5. The van der Waals surface area contributed by atoms with E-state index in [1.807, 2.05) is 30.3 Å². The molecule has 43 nitrogen and oxygen atoms in total. The summed E-state index contributed by atoms with van der Waals surface area (Å²) in [4.78, 5) is 266. The second kappa shape index (κ2) is 56.2. The number of hydrogen-bond donors (Lipinski definition) is 23. The average Bonchev–Trinajstić information content (AvgIpc) is 1.65. The maximum atomic E-state index is 15.5. The molecule has 1 aromatic heterocycles. The van der Waals surface area contributed by atoms with Gasteiger partial charge in [0.1, 0.15) is 102 Å². The molecule has 1 aliphatic rings. The molecule has 0 unspecified atom stereocenters. The molecule has 0 bridgehead atoms. The number of aliphatic carboxylic acids is 2. The number of carboxylic acids is 2. The molecule has 1 fully saturated rings. The Kier molecular flexibility index (Phi) is 45.4. The molecular weight excluding hydrogens is 1880 g/mol. The van der Waals surface area contributed by atoms with E-state index >= 15 is 33.6 Å². The number of phenols is 1. The summed E-state index contributed by atoms with van der Waals surface area (Å²) in [7, 11) is 1.31. The van der Waals surface area contributed by atoms with Crippen molar-refractivity contribution in [1.82, 2.24) is 89.6 Å². The number of aromatic amines is 1. The Bertz CT molecular complexity index is 5470. The topological polar surface area (TPSA) is 673 Å². The zero-order valence-electron chi connectivity index (χ0n) is 83.3. The molecule has 782 valence electrons. The van der Waals surface area contributed by atoms with Gasteiger partial charge in [0.2, 0.25) is 94.5 Å². The number of hydrogen-bond acceptors (Lipinski definition) is 23. The third-order valence-corrected chi connectivity index (χ3v) is 25.2. The van der Waals surface area contributed by atoms with E-state index in [1.54, 1.807) is 110 Å². The van der Waals surface area contributed by atoms with E-state index < -0.39 is 264 Å². The molecule has 144 heavy (non-hydrogen) atoms. The minimum absolute atomic E-state index is 0.00982. The Morgan fingerprint density at radius 1 is 0.493 bits per heavy atom. The molecule has 6 aromatic rings. The normalized spacial score (nSPS) is 23.0. The van der Waals surface area contributed by atoms with Crippen molar-refractivity contribution in [3.05, 3.63) is 156 Å². The largest absolute Gasteiger partial charge is 0.508 e. The summed E-state index contributed by atoms with van der Waals surface area (Å²) in [6.07, 6.45) is -2.99. The number of rotatable bonds is 30. The number of aliphatic hydroxyl groups excluding tert-OH is 1. The maximum Gasteiger partial charge on any atom is 0.341 e. The number of nitrogens with one attached hydrogen (secondary N) is 17. The first-order valence-corrected chi connectivity index (χ1v) is 48.9. The quantitative estimate of drug-likeness (QED) is 0.0168. The number of fused-ring (bicyclic) bond motifs is 1. The van der Waals surface area contributed by atoms with Gasteiger partial charge in [-0.2, -0.15) is 0 Å². The number of nitrogens with two attached hydrogens (primary N) is 2. The second-order valence-corrected chi connectivity index (χ2v) is 38.5. The molecule has 5 aromatic carbocycles. The number of ether oxygens (including phenoxy) is 1. The van der Waals surface area contributed by atoms with Gasteiger partial charge in [-0.05, 0) is 140 Å². The fourth-order valence-corrected chi connectivity index (χ4v) is 16.5. The summed E-state index contributed by atoms with van der Waals surface area (Å²) in [5, 5.41) is 89.3. The predicted molar refractivity (Wildman–Crippen MR) is 535 cm³/mol. The van der Waals surface area contributed by atoms with Crippen molar-refractivity contribution in [2.75, 3.05) is 31.7 Å². The summed E-state index contributed by atoms with van der Waals surface area (Å²) >= 11 is 0.660. The highest BCUT2D eigenvalue weighted by Gasteiger charge is 2.42. The zero-order valence-corrected chi connectivity index (χ0v) is 84.1. The molecule has 0 spiro atoms. The molecule has 44 heteroatoms. The van der Waals surface area contributed by atoms with Crippen LogP contribution in [0.2, 0.25) is 0 Å². The van der Waals surface area contributed by atoms with Gasteiger partial charge in [0.15, 0.2) is 12.6 Å². The number of guanidine groups is 1. The van der Waals surface area contributed by atoms with Crippen molar-refractivity contribution in [1.29, 1.82) is 5.41 Å². The zero-order chi connectivity index (χ0) is 107. The highest BCUT2D eigenvalue weighted by molar-refractivity contribution is 8.00. The van der Waals surface area contributed by atoms with Crippen LogP contribution in [0.3, 0.4) is 0 Å². The summed E-state index contributed by atoms with van der Waals surface area (Å²) in [5.41, 5.74) is 14.8. The number of H-pyrrole nitrogens is 1. The first-order chi connectivity index (χ1) is 68.0. The molecule has 7 rings (SSSR count). The monoisotopic (exact) mass is 2020 g/mol. The first-order valence-electron chi connectivity index (χ1n) is 47.8. The van der Waals surface area contributed by atoms with Crippen molar-refractivity contribution in [3.63, 3.8) is 0 Å². The van der Waals surface area contributed by atoms with Crippen LogP contribution in [0.15, 0.2) is 134 Å². The molecule has 1 saturated heterocycles. The standard InChI is InChI=1S/C100H138N20O23S/c1-15-55(10)83-99(142)120(14)57(12)86(129)109-70(40-51(2)3)88(131)108-69(26-21-39-104-100(102)103)87(130)110-71(41-52(4)5)92(135)117-82(54(8)9)97(140)119-84(58(13)121)98(141)115-77(95(138)106-56(11)85(101)128)49-144-50-78(123)107-72(42-61-31-37-66(38-32-61)143-48-80(126)127)89(132)111-73(44-60-29-35-65(122)36-30-60)90(133)113-76(46-79(124)125)91(134)112-75(45-64-47-105-68-25-20-19-24-67(64)68)94(137)116-81(53(6)7)96(139)114-74(93(136)118-83)43-59-27-33-63(34-28-59)62-22-17-16-18-23-62/h16-20,22-25,27-38,47,51-58,69-77,81-84,105,121-122H,15,21,26,39-46,48-50H2,1-14H3,(H2,101,128)(H,106,138)(H,107,123)(H,108,131)(H,109,129)(H,110,130)(H,111,132)(H,112,134)(H,113,133)(H,114,139)(H,115,141)(H,116,137)(H,117,135)(H,118,136)(H,119,140)(H,124,125)(H,126,127)(H4,102,103,104)/t55-,56-,57-,58+,69-,70+,71-,72-,73-,74-,75-,76-,77-,81-,82-,83-,84-/m0/s1. The minimum Gasteiger partial charge on any atom is -0.508 e. The number of aliphatic hydroxyl groups is 1. The van der Waals surface area contributed by atoms with Crippen molar-refractivity contribution >= 4 is 135 Å². The predicted octanol–water partition coefficient (Wildman–Crippen LogP) is 0.730. The number of carboxylic acid groups (broad SMARTS) is 2. The van der Waals surface area contributed by atoms with Gasteiger partial charge in [0.25, 0.3) is 0 Å². The van der Waals surface area contributed by atoms with Gasteiger partial charge >= 0.3 is 11.9 Å². The third-order valence-electron chi connectivity index (χ3n) is 24.1. The molecule has 16 amide bonds. The van der Waals surface area contributed by atoms with Gasteiger partial charge in [-0.3, -0.25) is 86.9 Å². The van der Waals surface area contributed by atoms with Gasteiger partial charge in [-0.1, -0.05) is 173 Å². The molecule has 2 heterocycles. The van der Waals surface area contributed by atoms with Crippen LogP contribution < -0.4 is 96.0 Å². The lowest BCUT2D eigenvalue weighted by molar-refractivity contribution is -0.143. The molecule has 0 saturated carbocycles. The molecule has 1 aliphatic heterocycles. The Morgan fingerprint density at radius 2 is 0.924 bits per heavy atom. The van der Waals surface area contributed by atoms with Gasteiger partial charge in [0.05, 0.1) is 18.3 Å². The van der Waals surface area contributed by atoms with Gasteiger partial charge in [-0.15, -0.1) is 11.8 Å². The van der Waals surface area contributed by atoms with Gasteiger partial charge in [-0.25, -0.2) is 4.79 Å². The number of likely N-dealkylation sites (N-methyl/N-ethyl adjacent to an activating group) is 1. The lowest BCUT2D eigenvalue weighted by atomic mass is 9.95. The van der Waals surface area contributed by atoms with Crippen LogP contribution >= 0.6 is 11.8 Å². The number of nitrogens with zero attached hydrogens (tertiary/aromatic N) is 1. The molecule has 0 radical (unpaired) electrons. The highest BCUT2D eigenvalue weighted by Crippen LogP contribution is 2.26. The van der Waals surface area contributed by atoms with Crippen LogP contribution in [0, 0.1) is 35.0 Å². The Morgan fingerprint density at radius 3 is 1.44 bits per heavy atom. The van der Waals surface area contributed by atoms with Crippen molar-refractivity contribution in [2.24, 2.45) is 41.1 Å². The summed E-state index contributed by atoms with van der Waals surface area (Å²) in [6, 6.07) is 9.56. The van der Waals surface area contributed by atoms with Crippen molar-refractivity contribution in [3.8, 4) is 22.6 Å². The molecule has 25 N–H and O–H groups in total. The second-order valence-electron chi connectivity index (χ2n) is 37.5. The number of primary amides is 1. The van der Waals surface area contributed by atoms with Crippen molar-refractivity contribution < 1.29 is 111 Å². The Labute approximate surface area is 839 Å². The van der Waals surface area contributed by atoms with Crippen LogP contribution in [0.25, 0.3) is 22.0 Å². The molecule has 17 atom stereocenters. The Hall–Kier alpha value is -14.7. The number of thioether (sulfide) groups is 1. The number of amides is 16. The molecular formula is C100H138N20O23S. The van der Waals surface area contributed by atoms with E-state index in [2.05, 4.69) is 84.7 Å². The van der Waals surface area contributed by atoms with Crippen LogP contribution in [0.4, 0.5) is 0 Å². The number of aromatic nitrogens is 1. The number of benzene rings is 5. The number of phenolic OH excluding ortho intramolecular Hbond substituents is 1. The minimum atomic E-state index is -2.12. The van der Waals surface area contributed by atoms with E-state index in [4.69, 9.17) is 21.6 Å². The van der Waals surface area contributed by atoms with Crippen LogP contribution in [0.1, 0.15) is 151 Å². The SMILES string of the molecule is CC[C@H](C)[C@@H]1NC(=O)[C@H](Cc2ccc(-c3ccccc3)cc2)NC(=O)[C@H](C(C)C)NC(=O)[C@H](Cc2c[nH]c3ccccc23)NC(=O)[C@H](CC(=O)O)NC(=O)[C@H](Cc2ccc(O)cc2)NC(=O)[C@H](Cc2ccc(OCC(=O)O)cc2)NC(=O)CSC[C@@H](C(=O)N[C@@H](C)C(N)=O)NC(=O)[C@H]([C@@H](C)O)NC(=O)[C@H](C(C)C)NC(=O)[C@H](CC(C)C)NC(=O)[C@H](CCCNC(=N)N)NC(=O)[C@@H](CC(C)C)NC(=O)[C@H](C)N(C)C1=O. The van der Waals surface area contributed by atoms with E-state index in [1.165, 1.54) is 83.3 Å². The fraction of sp³-hybridized carbons (Fsp3) is 0.490. The third kappa shape index (κ3) is 36.7. The van der Waals surface area contributed by atoms with Gasteiger partial charge < -0.3 is 126 Å². The van der Waals surface area contributed by atoms with Crippen molar-refractivity contribution in [2.45, 2.75) is 251 Å². The number of aromatic hydroxyl groups is 1. The number of carbonyl (C=O) groups excluding carboxylic acids is 16. The van der Waals surface area contributed by atoms with E-state index in [-0.39, 0.29) is 86.0 Å². The average molecular weight is 2020 g/mol. The number of carbonyl (C=O) groups is 18. The number of para-hydroxylation sites is 1. The lowest BCUT2D eigenvalue weighted by Gasteiger charge is -2.33. The van der Waals surface area contributed by atoms with E-state index in [0.717, 1.165) is 23.0 Å². The lowest BCUT2D eigenvalue weighted by Crippen LogP contribution is -2.63. The Balaban J connectivity index is 1.36. The fourth-order valence-electron chi connectivity index (χ4n) is 15.6. The van der Waals surface area contributed by atoms with Crippen LogP contribution in [-0.4, -0.2) is 271 Å². The van der Waals surface area contributed by atoms with E-state index in [0.29, 0.717) is 33.8 Å². The van der Waals surface area contributed by atoms with Gasteiger partial charge in [0, 0.05) is 62.1 Å². The van der Waals surface area contributed by atoms with Crippen LogP contribution in [0.5, 0.6) is 11.5 Å². The van der Waals surface area contributed by atoms with Crippen LogP contribution in [-0.2, 0) is 112 Å². The smallest absolute Gasteiger partial charge is 0.341 e. The first kappa shape index (κ1) is 116. The summed E-state index contributed by atoms with van der Waals surface area (Å²) in [6.45, 7) is 19.5. The molecule has 0 aliphatic carbocycles.